The summed E-state index contributed by atoms with van der Waals surface area (Å²) in [6.07, 6.45) is 4.24. The smallest absolute Gasteiger partial charge is 0.116 e. The zero-order valence-corrected chi connectivity index (χ0v) is 18.7. The maximum atomic E-state index is 4.79. The van der Waals surface area contributed by atoms with Crippen molar-refractivity contribution in [2.45, 2.75) is 32.7 Å². The van der Waals surface area contributed by atoms with Crippen LogP contribution >= 0.6 is 0 Å². The molecule has 4 aromatic rings. The van der Waals surface area contributed by atoms with Crippen LogP contribution in [0.2, 0.25) is 0 Å². The molecule has 7 nitrogen and oxygen atoms in total. The zero-order valence-electron chi connectivity index (χ0n) is 18.7. The first kappa shape index (κ1) is 20.7. The fraction of sp³-hybridized carbons (Fsp3) is 0.360. The van der Waals surface area contributed by atoms with Gasteiger partial charge in [-0.15, -0.1) is 0 Å². The standard InChI is InChI=1S/C25H29N7/c1-17(2)22-14-23(29-16-28-22)19-3-4-21-24(12-19)31-25(30-21)13-20-11-18(5-6-27-20)15-32-9-7-26-8-10-32/h3-6,11-12,14,16-17,26H,7-10,13,15H2,1-2H3,(H,30,31). The fourth-order valence-corrected chi connectivity index (χ4v) is 4.17. The molecule has 1 aromatic carbocycles. The van der Waals surface area contributed by atoms with Gasteiger partial charge < -0.3 is 10.3 Å². The molecule has 1 fully saturated rings. The van der Waals surface area contributed by atoms with E-state index in [2.05, 4.69) is 80.4 Å². The van der Waals surface area contributed by atoms with Crippen LogP contribution in [-0.2, 0) is 13.0 Å². The van der Waals surface area contributed by atoms with Gasteiger partial charge in [0, 0.05) is 62.3 Å². The SMILES string of the molecule is CC(C)c1cc(-c2ccc3nc(Cc4cc(CN5CCNCC5)ccn4)[nH]c3c2)ncn1. The first-order valence-electron chi connectivity index (χ1n) is 11.3. The first-order valence-corrected chi connectivity index (χ1v) is 11.3. The van der Waals surface area contributed by atoms with E-state index in [1.54, 1.807) is 6.33 Å². The van der Waals surface area contributed by atoms with Crippen LogP contribution in [0.3, 0.4) is 0 Å². The Morgan fingerprint density at radius 3 is 2.72 bits per heavy atom. The summed E-state index contributed by atoms with van der Waals surface area (Å²) in [6, 6.07) is 12.6. The molecule has 1 saturated heterocycles. The molecule has 0 bridgehead atoms. The van der Waals surface area contributed by atoms with Crippen molar-refractivity contribution in [1.29, 1.82) is 0 Å². The number of benzene rings is 1. The van der Waals surface area contributed by atoms with Gasteiger partial charge in [-0.05, 0) is 41.8 Å². The van der Waals surface area contributed by atoms with Crippen LogP contribution in [0.25, 0.3) is 22.3 Å². The summed E-state index contributed by atoms with van der Waals surface area (Å²) in [4.78, 5) is 24.2. The number of imidazole rings is 1. The van der Waals surface area contributed by atoms with Crippen LogP contribution in [0.5, 0.6) is 0 Å². The molecule has 0 amide bonds. The Labute approximate surface area is 188 Å². The molecular weight excluding hydrogens is 398 g/mol. The van der Waals surface area contributed by atoms with Gasteiger partial charge in [-0.25, -0.2) is 15.0 Å². The highest BCUT2D eigenvalue weighted by atomic mass is 15.2. The number of H-pyrrole nitrogens is 1. The summed E-state index contributed by atoms with van der Waals surface area (Å²) in [6.45, 7) is 9.56. The zero-order chi connectivity index (χ0) is 21.9. The summed E-state index contributed by atoms with van der Waals surface area (Å²) >= 11 is 0. The summed E-state index contributed by atoms with van der Waals surface area (Å²) in [5.74, 6) is 1.30. The summed E-state index contributed by atoms with van der Waals surface area (Å²) in [5, 5.41) is 3.41. The van der Waals surface area contributed by atoms with E-state index >= 15 is 0 Å². The molecule has 0 unspecified atom stereocenters. The minimum atomic E-state index is 0.370. The molecule has 4 heterocycles. The average Bonchev–Trinajstić information content (AvgIpc) is 3.21. The lowest BCUT2D eigenvalue weighted by Gasteiger charge is -2.27. The van der Waals surface area contributed by atoms with Gasteiger partial charge in [-0.1, -0.05) is 19.9 Å². The van der Waals surface area contributed by atoms with Crippen molar-refractivity contribution in [2.75, 3.05) is 26.2 Å². The van der Waals surface area contributed by atoms with E-state index in [0.717, 1.165) is 72.2 Å². The number of aromatic amines is 1. The van der Waals surface area contributed by atoms with Gasteiger partial charge in [-0.2, -0.15) is 0 Å². The van der Waals surface area contributed by atoms with Gasteiger partial charge in [0.15, 0.2) is 0 Å². The van der Waals surface area contributed by atoms with Crippen molar-refractivity contribution < 1.29 is 0 Å². The van der Waals surface area contributed by atoms with Crippen molar-refractivity contribution in [2.24, 2.45) is 0 Å². The second-order valence-electron chi connectivity index (χ2n) is 8.76. The number of hydrogen-bond acceptors (Lipinski definition) is 6. The third-order valence-corrected chi connectivity index (χ3v) is 5.95. The molecule has 0 aliphatic carbocycles. The van der Waals surface area contributed by atoms with E-state index in [4.69, 9.17) is 4.98 Å². The Bertz CT molecular complexity index is 1210. The Kier molecular flexibility index (Phi) is 5.92. The fourth-order valence-electron chi connectivity index (χ4n) is 4.17. The maximum absolute atomic E-state index is 4.79. The van der Waals surface area contributed by atoms with E-state index in [9.17, 15) is 0 Å². The number of aromatic nitrogens is 5. The number of nitrogens with zero attached hydrogens (tertiary/aromatic N) is 5. The van der Waals surface area contributed by atoms with Gasteiger partial charge >= 0.3 is 0 Å². The predicted molar refractivity (Wildman–Crippen MR) is 126 cm³/mol. The monoisotopic (exact) mass is 427 g/mol. The number of piperazine rings is 1. The van der Waals surface area contributed by atoms with Gasteiger partial charge in [-0.3, -0.25) is 9.88 Å². The van der Waals surface area contributed by atoms with Crippen LogP contribution in [0.1, 0.15) is 42.5 Å². The minimum Gasteiger partial charge on any atom is -0.342 e. The highest BCUT2D eigenvalue weighted by Crippen LogP contribution is 2.24. The van der Waals surface area contributed by atoms with Gasteiger partial charge in [0.05, 0.1) is 16.7 Å². The number of hydrogen-bond donors (Lipinski definition) is 2. The third-order valence-electron chi connectivity index (χ3n) is 5.95. The Balaban J connectivity index is 1.34. The Hall–Kier alpha value is -3.16. The summed E-state index contributed by atoms with van der Waals surface area (Å²) in [5.41, 5.74) is 7.36. The quantitative estimate of drug-likeness (QED) is 0.490. The average molecular weight is 428 g/mol. The molecule has 164 valence electrons. The van der Waals surface area contributed by atoms with Crippen molar-refractivity contribution in [3.63, 3.8) is 0 Å². The molecule has 0 radical (unpaired) electrons. The minimum absolute atomic E-state index is 0.370. The van der Waals surface area contributed by atoms with Crippen molar-refractivity contribution in [1.82, 2.24) is 35.1 Å². The number of rotatable bonds is 6. The largest absolute Gasteiger partial charge is 0.342 e. The van der Waals surface area contributed by atoms with E-state index in [-0.39, 0.29) is 0 Å². The third kappa shape index (κ3) is 4.69. The van der Waals surface area contributed by atoms with Gasteiger partial charge in [0.1, 0.15) is 12.2 Å². The van der Waals surface area contributed by atoms with E-state index < -0.39 is 0 Å². The highest BCUT2D eigenvalue weighted by Gasteiger charge is 2.12. The lowest BCUT2D eigenvalue weighted by Crippen LogP contribution is -2.42. The van der Waals surface area contributed by atoms with Crippen molar-refractivity contribution in [3.8, 4) is 11.3 Å². The lowest BCUT2D eigenvalue weighted by atomic mass is 10.1. The Morgan fingerprint density at radius 2 is 1.88 bits per heavy atom. The molecule has 2 N–H and O–H groups in total. The van der Waals surface area contributed by atoms with Crippen molar-refractivity contribution in [3.05, 3.63) is 71.7 Å². The molecular formula is C25H29N7. The second kappa shape index (κ2) is 9.14. The van der Waals surface area contributed by atoms with Gasteiger partial charge in [0.25, 0.3) is 0 Å². The van der Waals surface area contributed by atoms with Crippen LogP contribution < -0.4 is 5.32 Å². The highest BCUT2D eigenvalue weighted by molar-refractivity contribution is 5.81. The molecule has 5 rings (SSSR count). The van der Waals surface area contributed by atoms with E-state index in [0.29, 0.717) is 12.3 Å². The molecule has 0 saturated carbocycles. The molecule has 0 spiro atoms. The maximum Gasteiger partial charge on any atom is 0.116 e. The molecule has 1 aliphatic heterocycles. The number of nitrogens with one attached hydrogen (secondary N) is 2. The molecule has 32 heavy (non-hydrogen) atoms. The second-order valence-corrected chi connectivity index (χ2v) is 8.76. The molecule has 3 aromatic heterocycles. The number of pyridine rings is 1. The first-order chi connectivity index (χ1) is 15.6. The van der Waals surface area contributed by atoms with Crippen LogP contribution in [0, 0.1) is 0 Å². The molecule has 0 atom stereocenters. The van der Waals surface area contributed by atoms with Crippen LogP contribution in [0.4, 0.5) is 0 Å². The molecule has 7 heteroatoms. The molecule has 1 aliphatic rings. The van der Waals surface area contributed by atoms with E-state index in [1.165, 1.54) is 5.56 Å². The number of fused-ring (bicyclic) bond motifs is 1. The normalized spacial score (nSPS) is 15.0. The van der Waals surface area contributed by atoms with E-state index in [1.807, 2.05) is 6.20 Å². The summed E-state index contributed by atoms with van der Waals surface area (Å²) < 4.78 is 0. The van der Waals surface area contributed by atoms with Crippen molar-refractivity contribution >= 4 is 11.0 Å². The predicted octanol–water partition coefficient (Wildman–Crippen LogP) is 3.53. The topological polar surface area (TPSA) is 82.6 Å². The summed E-state index contributed by atoms with van der Waals surface area (Å²) in [7, 11) is 0. The van der Waals surface area contributed by atoms with Gasteiger partial charge in [0.2, 0.25) is 0 Å². The lowest BCUT2D eigenvalue weighted by molar-refractivity contribution is 0.233. The Morgan fingerprint density at radius 1 is 1.00 bits per heavy atom. The van der Waals surface area contributed by atoms with Crippen LogP contribution in [-0.4, -0.2) is 56.0 Å². The van der Waals surface area contributed by atoms with Crippen LogP contribution in [0.15, 0.2) is 48.9 Å².